The molecule has 0 aromatic heterocycles. The molecular weight excluding hydrogens is 626 g/mol. The van der Waals surface area contributed by atoms with Gasteiger partial charge in [-0.1, -0.05) is 100 Å². The van der Waals surface area contributed by atoms with Crippen molar-refractivity contribution in [2.45, 2.75) is 50.7 Å². The Bertz CT molecular complexity index is 1630. The molecule has 0 aliphatic carbocycles. The molecule has 1 N–H and O–H groups in total. The van der Waals surface area contributed by atoms with E-state index in [0.717, 1.165) is 21.0 Å². The van der Waals surface area contributed by atoms with E-state index in [1.807, 2.05) is 81.4 Å². The van der Waals surface area contributed by atoms with Crippen molar-refractivity contribution < 1.29 is 18.0 Å². The van der Waals surface area contributed by atoms with E-state index in [1.54, 1.807) is 36.4 Å². The number of benzene rings is 4. The average molecular weight is 663 g/mol. The molecule has 0 bridgehead atoms. The summed E-state index contributed by atoms with van der Waals surface area (Å²) < 4.78 is 29.9. The van der Waals surface area contributed by atoms with Crippen LogP contribution in [-0.4, -0.2) is 43.8 Å². The van der Waals surface area contributed by atoms with E-state index in [0.29, 0.717) is 10.2 Å². The van der Waals surface area contributed by atoms with Crippen molar-refractivity contribution in [2.75, 3.05) is 10.8 Å². The number of hydrogen-bond donors (Lipinski definition) is 1. The molecule has 0 unspecified atom stereocenters. The Morgan fingerprint density at radius 2 is 1.42 bits per heavy atom. The zero-order valence-electron chi connectivity index (χ0n) is 24.5. The number of rotatable bonds is 12. The molecule has 4 aromatic rings. The first-order chi connectivity index (χ1) is 20.5. The number of halogens is 1. The largest absolute Gasteiger partial charge is 0.352 e. The van der Waals surface area contributed by atoms with Crippen LogP contribution in [0.1, 0.15) is 30.5 Å². The van der Waals surface area contributed by atoms with Gasteiger partial charge in [-0.15, -0.1) is 0 Å². The SMILES string of the molecule is Cc1ccc(S(=O)(=O)N(CC(=O)N(Cc2ccccc2)[C@H](Cc2ccccc2)C(=O)NC(C)C)c2cccc(Br)c2)cc1. The minimum Gasteiger partial charge on any atom is -0.352 e. The van der Waals surface area contributed by atoms with Crippen LogP contribution in [0.4, 0.5) is 5.69 Å². The number of hydrogen-bond acceptors (Lipinski definition) is 4. The molecule has 1 atom stereocenters. The van der Waals surface area contributed by atoms with Gasteiger partial charge in [-0.25, -0.2) is 8.42 Å². The Morgan fingerprint density at radius 1 is 0.814 bits per heavy atom. The van der Waals surface area contributed by atoms with Crippen molar-refractivity contribution in [3.63, 3.8) is 0 Å². The number of nitrogens with one attached hydrogen (secondary N) is 1. The lowest BCUT2D eigenvalue weighted by Gasteiger charge is -2.34. The number of carbonyl (C=O) groups excluding carboxylic acids is 2. The third-order valence-corrected chi connectivity index (χ3v) is 9.16. The van der Waals surface area contributed by atoms with E-state index in [1.165, 1.54) is 17.0 Å². The maximum absolute atomic E-state index is 14.4. The second-order valence-corrected chi connectivity index (χ2v) is 13.5. The minimum absolute atomic E-state index is 0.0684. The molecule has 4 rings (SSSR count). The number of amides is 2. The monoisotopic (exact) mass is 661 g/mol. The third kappa shape index (κ3) is 8.55. The Kier molecular flexibility index (Phi) is 10.8. The maximum atomic E-state index is 14.4. The van der Waals surface area contributed by atoms with Crippen molar-refractivity contribution in [1.29, 1.82) is 0 Å². The Hall–Kier alpha value is -3.95. The predicted octanol–water partition coefficient (Wildman–Crippen LogP) is 6.12. The van der Waals surface area contributed by atoms with Gasteiger partial charge in [-0.2, -0.15) is 0 Å². The number of anilines is 1. The van der Waals surface area contributed by atoms with Crippen LogP contribution >= 0.6 is 15.9 Å². The quantitative estimate of drug-likeness (QED) is 0.198. The van der Waals surface area contributed by atoms with Gasteiger partial charge in [0, 0.05) is 23.5 Å². The van der Waals surface area contributed by atoms with E-state index in [4.69, 9.17) is 0 Å². The fourth-order valence-corrected chi connectivity index (χ4v) is 6.51. The van der Waals surface area contributed by atoms with Crippen LogP contribution in [0, 0.1) is 6.92 Å². The van der Waals surface area contributed by atoms with Crippen LogP contribution < -0.4 is 9.62 Å². The van der Waals surface area contributed by atoms with Crippen molar-refractivity contribution in [2.24, 2.45) is 0 Å². The average Bonchev–Trinajstić information content (AvgIpc) is 2.98. The fourth-order valence-electron chi connectivity index (χ4n) is 4.71. The summed E-state index contributed by atoms with van der Waals surface area (Å²) >= 11 is 3.43. The van der Waals surface area contributed by atoms with Gasteiger partial charge in [0.15, 0.2) is 0 Å². The Labute approximate surface area is 262 Å². The van der Waals surface area contributed by atoms with Crippen molar-refractivity contribution in [3.8, 4) is 0 Å². The molecule has 43 heavy (non-hydrogen) atoms. The Morgan fingerprint density at radius 3 is 2.00 bits per heavy atom. The van der Waals surface area contributed by atoms with Gasteiger partial charge in [0.05, 0.1) is 10.6 Å². The highest BCUT2D eigenvalue weighted by molar-refractivity contribution is 9.10. The highest BCUT2D eigenvalue weighted by Crippen LogP contribution is 2.27. The van der Waals surface area contributed by atoms with Gasteiger partial charge in [-0.3, -0.25) is 13.9 Å². The zero-order chi connectivity index (χ0) is 31.0. The van der Waals surface area contributed by atoms with Gasteiger partial charge >= 0.3 is 0 Å². The van der Waals surface area contributed by atoms with Crippen molar-refractivity contribution in [1.82, 2.24) is 10.2 Å². The van der Waals surface area contributed by atoms with Crippen LogP contribution in [0.25, 0.3) is 0 Å². The fraction of sp³-hybridized carbons (Fsp3) is 0.235. The molecule has 9 heteroatoms. The molecule has 4 aromatic carbocycles. The zero-order valence-corrected chi connectivity index (χ0v) is 26.9. The lowest BCUT2D eigenvalue weighted by atomic mass is 10.0. The van der Waals surface area contributed by atoms with E-state index >= 15 is 0 Å². The molecule has 7 nitrogen and oxygen atoms in total. The second kappa shape index (κ2) is 14.5. The van der Waals surface area contributed by atoms with E-state index in [-0.39, 0.29) is 29.8 Å². The summed E-state index contributed by atoms with van der Waals surface area (Å²) in [4.78, 5) is 29.7. The molecule has 0 aliphatic rings. The summed E-state index contributed by atoms with van der Waals surface area (Å²) in [6, 6.07) is 31.2. The summed E-state index contributed by atoms with van der Waals surface area (Å²) in [5, 5.41) is 2.97. The van der Waals surface area contributed by atoms with Crippen LogP contribution in [0.2, 0.25) is 0 Å². The van der Waals surface area contributed by atoms with Gasteiger partial charge in [0.1, 0.15) is 12.6 Å². The predicted molar refractivity (Wildman–Crippen MR) is 174 cm³/mol. The topological polar surface area (TPSA) is 86.8 Å². The first-order valence-electron chi connectivity index (χ1n) is 14.1. The number of nitrogens with zero attached hydrogens (tertiary/aromatic N) is 2. The molecule has 2 amide bonds. The van der Waals surface area contributed by atoms with Crippen LogP contribution in [0.15, 0.2) is 119 Å². The molecule has 0 saturated carbocycles. The minimum atomic E-state index is -4.15. The first kappa shape index (κ1) is 32.0. The third-order valence-electron chi connectivity index (χ3n) is 6.88. The number of carbonyl (C=O) groups is 2. The van der Waals surface area contributed by atoms with Crippen molar-refractivity contribution >= 4 is 43.5 Å². The highest BCUT2D eigenvalue weighted by Gasteiger charge is 2.34. The summed E-state index contributed by atoms with van der Waals surface area (Å²) in [6.07, 6.45) is 0.263. The molecular formula is C34H36BrN3O4S. The maximum Gasteiger partial charge on any atom is 0.264 e. The first-order valence-corrected chi connectivity index (χ1v) is 16.3. The van der Waals surface area contributed by atoms with Gasteiger partial charge in [-0.05, 0) is 62.2 Å². The molecule has 0 aliphatic heterocycles. The summed E-state index contributed by atoms with van der Waals surface area (Å²) in [6.45, 7) is 5.23. The summed E-state index contributed by atoms with van der Waals surface area (Å²) in [5.41, 5.74) is 2.95. The standard InChI is InChI=1S/C34H36BrN3O4S/c1-25(2)36-34(40)32(21-27-11-6-4-7-12-27)37(23-28-13-8-5-9-14-28)33(39)24-38(30-16-10-15-29(35)22-30)43(41,42)31-19-17-26(3)18-20-31/h4-20,22,25,32H,21,23-24H2,1-3H3,(H,36,40)/t32-/m1/s1. The Balaban J connectivity index is 1.79. The molecule has 0 saturated heterocycles. The summed E-state index contributed by atoms with van der Waals surface area (Å²) in [7, 11) is -4.15. The summed E-state index contributed by atoms with van der Waals surface area (Å²) in [5.74, 6) is -0.808. The lowest BCUT2D eigenvalue weighted by Crippen LogP contribution is -2.54. The molecule has 0 radical (unpaired) electrons. The number of aryl methyl sites for hydroxylation is 1. The van der Waals surface area contributed by atoms with Crippen LogP contribution in [0.5, 0.6) is 0 Å². The molecule has 224 valence electrons. The van der Waals surface area contributed by atoms with E-state index in [2.05, 4.69) is 21.2 Å². The molecule has 0 heterocycles. The van der Waals surface area contributed by atoms with Crippen LogP contribution in [-0.2, 0) is 32.6 Å². The molecule has 0 fully saturated rings. The van der Waals surface area contributed by atoms with Gasteiger partial charge in [0.25, 0.3) is 10.0 Å². The normalized spacial score (nSPS) is 12.0. The van der Waals surface area contributed by atoms with Crippen molar-refractivity contribution in [3.05, 3.63) is 130 Å². The lowest BCUT2D eigenvalue weighted by molar-refractivity contribution is -0.140. The highest BCUT2D eigenvalue weighted by atomic mass is 79.9. The second-order valence-electron chi connectivity index (χ2n) is 10.7. The number of sulfonamides is 1. The van der Waals surface area contributed by atoms with E-state index < -0.39 is 28.5 Å². The van der Waals surface area contributed by atoms with E-state index in [9.17, 15) is 18.0 Å². The van der Waals surface area contributed by atoms with Gasteiger partial charge in [0.2, 0.25) is 11.8 Å². The van der Waals surface area contributed by atoms with Crippen LogP contribution in [0.3, 0.4) is 0 Å². The smallest absolute Gasteiger partial charge is 0.264 e. The van der Waals surface area contributed by atoms with Gasteiger partial charge < -0.3 is 10.2 Å². The molecule has 0 spiro atoms.